The molecule has 0 aromatic heterocycles. The van der Waals surface area contributed by atoms with Crippen molar-refractivity contribution in [3.05, 3.63) is 35.9 Å². The zero-order valence-electron chi connectivity index (χ0n) is 11.1. The molecule has 1 aliphatic carbocycles. The van der Waals surface area contributed by atoms with Crippen molar-refractivity contribution in [3.63, 3.8) is 0 Å². The second-order valence-corrected chi connectivity index (χ2v) is 4.79. The second-order valence-electron chi connectivity index (χ2n) is 4.79. The minimum absolute atomic E-state index is 0.0620. The maximum Gasteiger partial charge on any atom is 0.320 e. The van der Waals surface area contributed by atoms with Crippen LogP contribution in [0.25, 0.3) is 0 Å². The van der Waals surface area contributed by atoms with Crippen LogP contribution in [0.15, 0.2) is 30.3 Å². The number of ether oxygens (including phenoxy) is 1. The average Bonchev–Trinajstić information content (AvgIpc) is 3.16. The summed E-state index contributed by atoms with van der Waals surface area (Å²) in [5.74, 6) is -3.00. The van der Waals surface area contributed by atoms with Crippen molar-refractivity contribution in [1.29, 1.82) is 0 Å². The summed E-state index contributed by atoms with van der Waals surface area (Å²) in [6.07, 6.45) is 0. The Kier molecular flexibility index (Phi) is 4.06. The highest BCUT2D eigenvalue weighted by Crippen LogP contribution is 2.64. The predicted octanol–water partition coefficient (Wildman–Crippen LogP) is 0.183. The van der Waals surface area contributed by atoms with Gasteiger partial charge in [-0.05, 0) is 5.56 Å². The fourth-order valence-electron chi connectivity index (χ4n) is 2.85. The van der Waals surface area contributed by atoms with Gasteiger partial charge in [0, 0.05) is 25.6 Å². The first-order valence-corrected chi connectivity index (χ1v) is 6.27. The van der Waals surface area contributed by atoms with Crippen LogP contribution in [0.4, 0.5) is 0 Å². The number of aliphatic hydroxyl groups is 1. The number of benzene rings is 1. The normalized spacial score (nSPS) is 27.9. The number of carbonyl (C=O) groups excluding carboxylic acids is 1. The summed E-state index contributed by atoms with van der Waals surface area (Å²) in [7, 11) is 1.40. The molecule has 1 aromatic rings. The number of rotatable bonds is 6. The lowest BCUT2D eigenvalue weighted by molar-refractivity contribution is -0.150. The highest BCUT2D eigenvalue weighted by molar-refractivity contribution is 6.07. The van der Waals surface area contributed by atoms with Crippen molar-refractivity contribution in [2.45, 2.75) is 5.92 Å². The van der Waals surface area contributed by atoms with Crippen LogP contribution in [0.1, 0.15) is 11.5 Å². The average molecular weight is 279 g/mol. The number of hydrogen-bond donors (Lipinski definition) is 3. The minimum atomic E-state index is -1.62. The number of methoxy groups -OCH3 is 1. The summed E-state index contributed by atoms with van der Waals surface area (Å²) in [5, 5.41) is 21.3. The number of aliphatic carboxylic acids is 1. The third-order valence-electron chi connectivity index (χ3n) is 3.83. The van der Waals surface area contributed by atoms with E-state index in [1.807, 2.05) is 6.07 Å². The number of aliphatic hydroxyl groups excluding tert-OH is 1. The van der Waals surface area contributed by atoms with Gasteiger partial charge in [-0.25, -0.2) is 0 Å². The number of carboxylic acids is 1. The van der Waals surface area contributed by atoms with E-state index >= 15 is 0 Å². The molecule has 108 valence electrons. The third-order valence-corrected chi connectivity index (χ3v) is 3.83. The number of nitrogens with one attached hydrogen (secondary N) is 1. The van der Waals surface area contributed by atoms with Crippen LogP contribution in [-0.2, 0) is 14.3 Å². The SMILES string of the molecule is COCNC(=O)C1(C(=O)O)C(CO)C1c1ccccc1. The Balaban J connectivity index is 2.33. The Morgan fingerprint density at radius 2 is 2.00 bits per heavy atom. The molecule has 20 heavy (non-hydrogen) atoms. The molecule has 6 nitrogen and oxygen atoms in total. The molecule has 3 unspecified atom stereocenters. The van der Waals surface area contributed by atoms with E-state index in [2.05, 4.69) is 5.32 Å². The molecule has 1 fully saturated rings. The van der Waals surface area contributed by atoms with Gasteiger partial charge in [-0.3, -0.25) is 9.59 Å². The van der Waals surface area contributed by atoms with Gasteiger partial charge < -0.3 is 20.3 Å². The van der Waals surface area contributed by atoms with Gasteiger partial charge in [0.1, 0.15) is 6.73 Å². The Bertz CT molecular complexity index is 504. The standard InChI is InChI=1S/C14H17NO5/c1-20-8-15-12(17)14(13(18)19)10(7-16)11(14)9-5-3-2-4-6-9/h2-6,10-11,16H,7-8H2,1H3,(H,15,17)(H,18,19). The van der Waals surface area contributed by atoms with Gasteiger partial charge in [0.15, 0.2) is 5.41 Å². The van der Waals surface area contributed by atoms with Gasteiger partial charge in [-0.2, -0.15) is 0 Å². The van der Waals surface area contributed by atoms with Crippen LogP contribution >= 0.6 is 0 Å². The van der Waals surface area contributed by atoms with Crippen molar-refractivity contribution in [1.82, 2.24) is 5.32 Å². The van der Waals surface area contributed by atoms with Gasteiger partial charge in [-0.1, -0.05) is 30.3 Å². The number of carboxylic acid groups (broad SMARTS) is 1. The van der Waals surface area contributed by atoms with Crippen molar-refractivity contribution in [3.8, 4) is 0 Å². The van der Waals surface area contributed by atoms with E-state index in [0.717, 1.165) is 5.56 Å². The minimum Gasteiger partial charge on any atom is -0.480 e. The molecule has 0 spiro atoms. The zero-order valence-corrected chi connectivity index (χ0v) is 11.1. The van der Waals surface area contributed by atoms with E-state index in [1.54, 1.807) is 24.3 Å². The van der Waals surface area contributed by atoms with E-state index in [4.69, 9.17) is 4.74 Å². The second kappa shape index (κ2) is 5.60. The van der Waals surface area contributed by atoms with Gasteiger partial charge >= 0.3 is 5.97 Å². The summed E-state index contributed by atoms with van der Waals surface area (Å²) in [4.78, 5) is 23.8. The van der Waals surface area contributed by atoms with Crippen molar-refractivity contribution in [2.75, 3.05) is 20.4 Å². The number of carbonyl (C=O) groups is 2. The summed E-state index contributed by atoms with van der Waals surface area (Å²) in [5.41, 5.74) is -0.879. The van der Waals surface area contributed by atoms with Gasteiger partial charge in [0.25, 0.3) is 0 Å². The predicted molar refractivity (Wildman–Crippen MR) is 69.8 cm³/mol. The van der Waals surface area contributed by atoms with Crippen LogP contribution in [0.5, 0.6) is 0 Å². The van der Waals surface area contributed by atoms with Crippen LogP contribution in [0.3, 0.4) is 0 Å². The molecule has 0 saturated heterocycles. The molecule has 1 aromatic carbocycles. The monoisotopic (exact) mass is 279 g/mol. The molecule has 0 radical (unpaired) electrons. The Morgan fingerprint density at radius 1 is 1.35 bits per heavy atom. The first kappa shape index (κ1) is 14.5. The smallest absolute Gasteiger partial charge is 0.320 e. The maximum atomic E-state index is 12.2. The van der Waals surface area contributed by atoms with E-state index in [0.29, 0.717) is 0 Å². The molecule has 6 heteroatoms. The zero-order chi connectivity index (χ0) is 14.8. The fraction of sp³-hybridized carbons (Fsp3) is 0.429. The van der Waals surface area contributed by atoms with E-state index in [9.17, 15) is 19.8 Å². The quantitative estimate of drug-likeness (QED) is 0.510. The molecule has 0 aliphatic heterocycles. The molecular weight excluding hydrogens is 262 g/mol. The first-order valence-electron chi connectivity index (χ1n) is 6.27. The van der Waals surface area contributed by atoms with Gasteiger partial charge in [-0.15, -0.1) is 0 Å². The van der Waals surface area contributed by atoms with Gasteiger partial charge in [0.2, 0.25) is 5.91 Å². The van der Waals surface area contributed by atoms with Crippen LogP contribution < -0.4 is 5.32 Å². The van der Waals surface area contributed by atoms with Crippen LogP contribution in [0.2, 0.25) is 0 Å². The molecule has 0 bridgehead atoms. The Hall–Kier alpha value is -1.92. The Morgan fingerprint density at radius 3 is 2.50 bits per heavy atom. The van der Waals surface area contributed by atoms with E-state index in [1.165, 1.54) is 7.11 Å². The third kappa shape index (κ3) is 2.07. The molecule has 0 heterocycles. The highest BCUT2D eigenvalue weighted by atomic mass is 16.5. The molecule has 3 atom stereocenters. The Labute approximate surface area is 116 Å². The van der Waals surface area contributed by atoms with Crippen LogP contribution in [-0.4, -0.2) is 42.5 Å². The van der Waals surface area contributed by atoms with Gasteiger partial charge in [0.05, 0.1) is 0 Å². The maximum absolute atomic E-state index is 12.2. The molecular formula is C14H17NO5. The molecule has 2 rings (SSSR count). The summed E-state index contributed by atoms with van der Waals surface area (Å²) < 4.78 is 4.74. The molecule has 3 N–H and O–H groups in total. The van der Waals surface area contributed by atoms with E-state index in [-0.39, 0.29) is 13.3 Å². The lowest BCUT2D eigenvalue weighted by atomic mass is 9.97. The van der Waals surface area contributed by atoms with E-state index < -0.39 is 29.1 Å². The first-order chi connectivity index (χ1) is 9.60. The molecule has 1 saturated carbocycles. The van der Waals surface area contributed by atoms with Crippen molar-refractivity contribution >= 4 is 11.9 Å². The van der Waals surface area contributed by atoms with Crippen molar-refractivity contribution in [2.24, 2.45) is 11.3 Å². The number of hydrogen-bond acceptors (Lipinski definition) is 4. The van der Waals surface area contributed by atoms with Crippen molar-refractivity contribution < 1.29 is 24.5 Å². The highest BCUT2D eigenvalue weighted by Gasteiger charge is 2.74. The lowest BCUT2D eigenvalue weighted by Gasteiger charge is -2.13. The number of amides is 1. The van der Waals surface area contributed by atoms with Crippen LogP contribution in [0, 0.1) is 11.3 Å². The molecule has 1 aliphatic rings. The largest absolute Gasteiger partial charge is 0.480 e. The topological polar surface area (TPSA) is 95.9 Å². The summed E-state index contributed by atoms with van der Waals surface area (Å²) in [6, 6.07) is 8.90. The lowest BCUT2D eigenvalue weighted by Crippen LogP contribution is -2.40. The molecule has 1 amide bonds. The fourth-order valence-corrected chi connectivity index (χ4v) is 2.85. The summed E-state index contributed by atoms with van der Waals surface area (Å²) >= 11 is 0. The summed E-state index contributed by atoms with van der Waals surface area (Å²) in [6.45, 7) is -0.417.